The zero-order valence-electron chi connectivity index (χ0n) is 9.89. The monoisotopic (exact) mass is 216 g/mol. The molecule has 16 heavy (non-hydrogen) atoms. The number of likely N-dealkylation sites (tertiary alicyclic amines) is 1. The molecule has 1 aliphatic heterocycles. The molecule has 2 atom stereocenters. The van der Waals surface area contributed by atoms with E-state index in [4.69, 9.17) is 5.73 Å². The summed E-state index contributed by atoms with van der Waals surface area (Å²) in [6.07, 6.45) is 0. The van der Waals surface area contributed by atoms with E-state index in [-0.39, 0.29) is 0 Å². The van der Waals surface area contributed by atoms with Gasteiger partial charge >= 0.3 is 0 Å². The summed E-state index contributed by atoms with van der Waals surface area (Å²) in [7, 11) is 0. The summed E-state index contributed by atoms with van der Waals surface area (Å²) in [5.74, 6) is 2.67. The van der Waals surface area contributed by atoms with Crippen molar-refractivity contribution in [3.8, 4) is 0 Å². The summed E-state index contributed by atoms with van der Waals surface area (Å²) < 4.78 is 0. The summed E-state index contributed by atoms with van der Waals surface area (Å²) >= 11 is 0. The minimum absolute atomic E-state index is 0.842. The fraction of sp³-hybridized carbons (Fsp3) is 0.571. The Morgan fingerprint density at radius 2 is 1.81 bits per heavy atom. The van der Waals surface area contributed by atoms with E-state index in [0.717, 1.165) is 30.8 Å². The van der Waals surface area contributed by atoms with Crippen LogP contribution in [0.3, 0.4) is 0 Å². The van der Waals surface area contributed by atoms with E-state index in [1.807, 2.05) is 0 Å². The van der Waals surface area contributed by atoms with Crippen LogP contribution in [-0.2, 0) is 6.54 Å². The van der Waals surface area contributed by atoms with Gasteiger partial charge in [0.1, 0.15) is 0 Å². The lowest BCUT2D eigenvalue weighted by atomic mass is 10.1. The van der Waals surface area contributed by atoms with Crippen LogP contribution in [0.5, 0.6) is 0 Å². The molecule has 3 rings (SSSR count). The molecule has 1 aromatic rings. The van der Waals surface area contributed by atoms with E-state index in [9.17, 15) is 0 Å². The Kier molecular flexibility index (Phi) is 2.49. The van der Waals surface area contributed by atoms with Gasteiger partial charge in [-0.05, 0) is 36.8 Å². The summed E-state index contributed by atoms with van der Waals surface area (Å²) in [4.78, 5) is 2.58. The van der Waals surface area contributed by atoms with Gasteiger partial charge in [-0.15, -0.1) is 0 Å². The van der Waals surface area contributed by atoms with Gasteiger partial charge < -0.3 is 5.73 Å². The molecule has 1 heterocycles. The maximum atomic E-state index is 5.72. The van der Waals surface area contributed by atoms with Crippen molar-refractivity contribution >= 4 is 0 Å². The zero-order chi connectivity index (χ0) is 11.1. The lowest BCUT2D eigenvalue weighted by Crippen LogP contribution is -2.25. The minimum Gasteiger partial charge on any atom is -0.330 e. The number of piperidine rings is 1. The molecular formula is C14H20N2. The van der Waals surface area contributed by atoms with Gasteiger partial charge in [0.05, 0.1) is 0 Å². The third-order valence-corrected chi connectivity index (χ3v) is 4.25. The SMILES string of the molecule is Cc1ccc(CN2CC3C(CN)C3C2)cc1. The van der Waals surface area contributed by atoms with Crippen LogP contribution >= 0.6 is 0 Å². The Bertz CT molecular complexity index is 359. The lowest BCUT2D eigenvalue weighted by molar-refractivity contribution is 0.279. The molecule has 1 aromatic carbocycles. The molecular weight excluding hydrogens is 196 g/mol. The van der Waals surface area contributed by atoms with E-state index >= 15 is 0 Å². The smallest absolute Gasteiger partial charge is 0.0233 e. The van der Waals surface area contributed by atoms with Crippen molar-refractivity contribution in [1.82, 2.24) is 4.90 Å². The van der Waals surface area contributed by atoms with Crippen molar-refractivity contribution in [3.63, 3.8) is 0 Å². The predicted octanol–water partition coefficient (Wildman–Crippen LogP) is 1.63. The maximum absolute atomic E-state index is 5.72. The van der Waals surface area contributed by atoms with Gasteiger partial charge in [-0.3, -0.25) is 4.90 Å². The molecule has 0 amide bonds. The Morgan fingerprint density at radius 1 is 1.19 bits per heavy atom. The van der Waals surface area contributed by atoms with Gasteiger partial charge in [0.25, 0.3) is 0 Å². The van der Waals surface area contributed by atoms with Crippen molar-refractivity contribution in [2.75, 3.05) is 19.6 Å². The number of benzene rings is 1. The fourth-order valence-electron chi connectivity index (χ4n) is 3.17. The van der Waals surface area contributed by atoms with Gasteiger partial charge in [0, 0.05) is 19.6 Å². The van der Waals surface area contributed by atoms with Crippen molar-refractivity contribution in [1.29, 1.82) is 0 Å². The molecule has 2 fully saturated rings. The lowest BCUT2D eigenvalue weighted by Gasteiger charge is -2.19. The number of rotatable bonds is 3. The van der Waals surface area contributed by atoms with Gasteiger partial charge in [0.15, 0.2) is 0 Å². The number of hydrogen-bond acceptors (Lipinski definition) is 2. The van der Waals surface area contributed by atoms with E-state index in [1.54, 1.807) is 0 Å². The summed E-state index contributed by atoms with van der Waals surface area (Å²) in [6.45, 7) is 6.68. The number of fused-ring (bicyclic) bond motifs is 1. The molecule has 2 unspecified atom stereocenters. The van der Waals surface area contributed by atoms with Gasteiger partial charge in [-0.1, -0.05) is 29.8 Å². The zero-order valence-corrected chi connectivity index (χ0v) is 9.89. The summed E-state index contributed by atoms with van der Waals surface area (Å²) in [5, 5.41) is 0. The molecule has 0 aromatic heterocycles. The Morgan fingerprint density at radius 3 is 2.38 bits per heavy atom. The third-order valence-electron chi connectivity index (χ3n) is 4.25. The van der Waals surface area contributed by atoms with Crippen molar-refractivity contribution < 1.29 is 0 Å². The first-order chi connectivity index (χ1) is 7.78. The van der Waals surface area contributed by atoms with E-state index in [2.05, 4.69) is 36.1 Å². The molecule has 0 bridgehead atoms. The number of hydrogen-bond donors (Lipinski definition) is 1. The van der Waals surface area contributed by atoms with E-state index in [0.29, 0.717) is 0 Å². The van der Waals surface area contributed by atoms with Crippen LogP contribution in [0.4, 0.5) is 0 Å². The van der Waals surface area contributed by atoms with E-state index in [1.165, 1.54) is 24.2 Å². The molecule has 0 radical (unpaired) electrons. The van der Waals surface area contributed by atoms with Crippen LogP contribution < -0.4 is 5.73 Å². The Balaban J connectivity index is 1.56. The average Bonchev–Trinajstić information content (AvgIpc) is 2.76. The molecule has 1 saturated heterocycles. The van der Waals surface area contributed by atoms with Crippen LogP contribution in [0.2, 0.25) is 0 Å². The maximum Gasteiger partial charge on any atom is 0.0233 e. The van der Waals surface area contributed by atoms with Crippen LogP contribution in [0.1, 0.15) is 11.1 Å². The number of aryl methyl sites for hydroxylation is 1. The summed E-state index contributed by atoms with van der Waals surface area (Å²) in [5.41, 5.74) is 8.50. The fourth-order valence-corrected chi connectivity index (χ4v) is 3.17. The highest BCUT2D eigenvalue weighted by Gasteiger charge is 2.54. The second kappa shape index (κ2) is 3.86. The molecule has 0 spiro atoms. The molecule has 2 N–H and O–H groups in total. The highest BCUT2D eigenvalue weighted by atomic mass is 15.2. The topological polar surface area (TPSA) is 29.3 Å². The highest BCUT2D eigenvalue weighted by molar-refractivity contribution is 5.21. The second-order valence-electron chi connectivity index (χ2n) is 5.41. The predicted molar refractivity (Wildman–Crippen MR) is 66.0 cm³/mol. The first kappa shape index (κ1) is 10.3. The van der Waals surface area contributed by atoms with E-state index < -0.39 is 0 Å². The number of nitrogens with two attached hydrogens (primary N) is 1. The third kappa shape index (κ3) is 1.76. The average molecular weight is 216 g/mol. The quantitative estimate of drug-likeness (QED) is 0.832. The Labute approximate surface area is 97.4 Å². The minimum atomic E-state index is 0.842. The molecule has 2 heteroatoms. The van der Waals surface area contributed by atoms with Crippen molar-refractivity contribution in [2.45, 2.75) is 13.5 Å². The van der Waals surface area contributed by atoms with Crippen LogP contribution in [0, 0.1) is 24.7 Å². The molecule has 86 valence electrons. The summed E-state index contributed by atoms with van der Waals surface area (Å²) in [6, 6.07) is 8.91. The molecule has 2 nitrogen and oxygen atoms in total. The van der Waals surface area contributed by atoms with Crippen molar-refractivity contribution in [2.24, 2.45) is 23.5 Å². The Hall–Kier alpha value is -0.860. The second-order valence-corrected chi connectivity index (χ2v) is 5.41. The van der Waals surface area contributed by atoms with Crippen molar-refractivity contribution in [3.05, 3.63) is 35.4 Å². The van der Waals surface area contributed by atoms with Crippen LogP contribution in [0.15, 0.2) is 24.3 Å². The van der Waals surface area contributed by atoms with Gasteiger partial charge in [-0.2, -0.15) is 0 Å². The first-order valence-electron chi connectivity index (χ1n) is 6.26. The first-order valence-corrected chi connectivity index (χ1v) is 6.26. The molecule has 1 aliphatic carbocycles. The standard InChI is InChI=1S/C14H20N2/c1-10-2-4-11(5-3-10)7-16-8-13-12(6-15)14(13)9-16/h2-5,12-14H,6-9,15H2,1H3. The van der Waals surface area contributed by atoms with Crippen LogP contribution in [0.25, 0.3) is 0 Å². The number of nitrogens with zero attached hydrogens (tertiary/aromatic N) is 1. The van der Waals surface area contributed by atoms with Gasteiger partial charge in [-0.25, -0.2) is 0 Å². The molecule has 2 aliphatic rings. The van der Waals surface area contributed by atoms with Gasteiger partial charge in [0.2, 0.25) is 0 Å². The highest BCUT2D eigenvalue weighted by Crippen LogP contribution is 2.51. The normalized spacial score (nSPS) is 32.8. The molecule has 1 saturated carbocycles. The largest absolute Gasteiger partial charge is 0.330 e. The van der Waals surface area contributed by atoms with Crippen LogP contribution in [-0.4, -0.2) is 24.5 Å².